The number of benzene rings is 1. The van der Waals surface area contributed by atoms with Gasteiger partial charge in [-0.2, -0.15) is 0 Å². The molecule has 1 saturated carbocycles. The predicted molar refractivity (Wildman–Crippen MR) is 94.1 cm³/mol. The topological polar surface area (TPSA) is 67.2 Å². The Morgan fingerprint density at radius 3 is 2.64 bits per heavy atom. The molecule has 1 fully saturated rings. The second kappa shape index (κ2) is 9.01. The van der Waals surface area contributed by atoms with Crippen LogP contribution in [0.4, 0.5) is 5.69 Å². The molecule has 0 bridgehead atoms. The van der Waals surface area contributed by atoms with E-state index in [0.717, 1.165) is 49.9 Å². The molecule has 0 aromatic heterocycles. The van der Waals surface area contributed by atoms with Crippen molar-refractivity contribution in [3.05, 3.63) is 29.8 Å². The van der Waals surface area contributed by atoms with Gasteiger partial charge in [-0.25, -0.2) is 0 Å². The number of rotatable bonds is 6. The average Bonchev–Trinajstić information content (AvgIpc) is 2.51. The van der Waals surface area contributed by atoms with Gasteiger partial charge in [-0.1, -0.05) is 38.3 Å². The van der Waals surface area contributed by atoms with Gasteiger partial charge in [0, 0.05) is 18.8 Å². The third kappa shape index (κ3) is 4.89. The van der Waals surface area contributed by atoms with Crippen LogP contribution in [0.2, 0.25) is 0 Å². The minimum absolute atomic E-state index is 0. The van der Waals surface area contributed by atoms with Crippen molar-refractivity contribution in [2.45, 2.75) is 57.5 Å². The largest absolute Gasteiger partial charge is 0.399 e. The van der Waals surface area contributed by atoms with Gasteiger partial charge < -0.3 is 11.1 Å². The van der Waals surface area contributed by atoms with Crippen LogP contribution in [0.15, 0.2) is 24.3 Å². The van der Waals surface area contributed by atoms with Crippen LogP contribution in [0.25, 0.3) is 0 Å². The first-order valence-corrected chi connectivity index (χ1v) is 8.04. The molecule has 1 amide bonds. The van der Waals surface area contributed by atoms with Gasteiger partial charge in [0.25, 0.3) is 0 Å². The molecule has 1 aliphatic carbocycles. The zero-order valence-corrected chi connectivity index (χ0v) is 14.2. The van der Waals surface area contributed by atoms with Crippen molar-refractivity contribution in [1.82, 2.24) is 10.6 Å². The van der Waals surface area contributed by atoms with Crippen molar-refractivity contribution >= 4 is 24.0 Å². The van der Waals surface area contributed by atoms with E-state index in [0.29, 0.717) is 6.54 Å². The molecule has 0 spiro atoms. The first-order chi connectivity index (χ1) is 10.2. The van der Waals surface area contributed by atoms with Crippen LogP contribution in [0.1, 0.15) is 51.0 Å². The SMILES string of the molecule is CCCNC(=O)C1(NCc2cccc(N)c2)CCCCC1.Cl. The number of carbonyl (C=O) groups excluding carboxylic acids is 1. The zero-order valence-electron chi connectivity index (χ0n) is 13.4. The molecule has 0 atom stereocenters. The summed E-state index contributed by atoms with van der Waals surface area (Å²) >= 11 is 0. The molecule has 0 heterocycles. The Morgan fingerprint density at radius 2 is 2.00 bits per heavy atom. The number of halogens is 1. The van der Waals surface area contributed by atoms with E-state index in [4.69, 9.17) is 5.73 Å². The van der Waals surface area contributed by atoms with E-state index in [1.165, 1.54) is 6.42 Å². The van der Waals surface area contributed by atoms with Crippen LogP contribution in [-0.2, 0) is 11.3 Å². The van der Waals surface area contributed by atoms with E-state index in [1.54, 1.807) is 0 Å². The maximum atomic E-state index is 12.6. The molecule has 1 aromatic rings. The predicted octanol–water partition coefficient (Wildman–Crippen LogP) is 3.01. The van der Waals surface area contributed by atoms with Crippen molar-refractivity contribution in [1.29, 1.82) is 0 Å². The lowest BCUT2D eigenvalue weighted by molar-refractivity contribution is -0.129. The standard InChI is InChI=1S/C17H27N3O.ClH/c1-2-11-19-16(21)17(9-4-3-5-10-17)20-13-14-7-6-8-15(18)12-14;/h6-8,12,20H,2-5,9-11,13,18H2,1H3,(H,19,21);1H. The number of hydrogen-bond acceptors (Lipinski definition) is 3. The summed E-state index contributed by atoms with van der Waals surface area (Å²) in [4.78, 5) is 12.6. The molecule has 22 heavy (non-hydrogen) atoms. The smallest absolute Gasteiger partial charge is 0.240 e. The highest BCUT2D eigenvalue weighted by atomic mass is 35.5. The van der Waals surface area contributed by atoms with Crippen LogP contribution < -0.4 is 16.4 Å². The Labute approximate surface area is 139 Å². The lowest BCUT2D eigenvalue weighted by Crippen LogP contribution is -2.57. The van der Waals surface area contributed by atoms with E-state index < -0.39 is 5.54 Å². The molecular weight excluding hydrogens is 298 g/mol. The van der Waals surface area contributed by atoms with Crippen LogP contribution >= 0.6 is 12.4 Å². The van der Waals surface area contributed by atoms with E-state index >= 15 is 0 Å². The Hall–Kier alpha value is -1.26. The van der Waals surface area contributed by atoms with Gasteiger partial charge in [-0.15, -0.1) is 12.4 Å². The van der Waals surface area contributed by atoms with E-state index in [1.807, 2.05) is 24.3 Å². The first kappa shape index (κ1) is 18.8. The molecule has 0 radical (unpaired) electrons. The lowest BCUT2D eigenvalue weighted by Gasteiger charge is -2.37. The Kier molecular flexibility index (Phi) is 7.69. The third-order valence-corrected chi connectivity index (χ3v) is 4.26. The average molecular weight is 326 g/mol. The molecular formula is C17H28ClN3O. The fourth-order valence-electron chi connectivity index (χ4n) is 3.02. The normalized spacial score (nSPS) is 16.6. The summed E-state index contributed by atoms with van der Waals surface area (Å²) in [5, 5.41) is 6.58. The van der Waals surface area contributed by atoms with Gasteiger partial charge in [-0.05, 0) is 37.0 Å². The fraction of sp³-hybridized carbons (Fsp3) is 0.588. The van der Waals surface area contributed by atoms with Crippen molar-refractivity contribution in [2.75, 3.05) is 12.3 Å². The number of nitrogen functional groups attached to an aromatic ring is 1. The highest BCUT2D eigenvalue weighted by Gasteiger charge is 2.38. The fourth-order valence-corrected chi connectivity index (χ4v) is 3.02. The molecule has 124 valence electrons. The monoisotopic (exact) mass is 325 g/mol. The van der Waals surface area contributed by atoms with Crippen molar-refractivity contribution in [2.24, 2.45) is 0 Å². The molecule has 0 saturated heterocycles. The highest BCUT2D eigenvalue weighted by molar-refractivity contribution is 5.86. The number of amides is 1. The summed E-state index contributed by atoms with van der Waals surface area (Å²) in [5.74, 6) is 0.160. The highest BCUT2D eigenvalue weighted by Crippen LogP contribution is 2.29. The van der Waals surface area contributed by atoms with Gasteiger partial charge in [0.15, 0.2) is 0 Å². The van der Waals surface area contributed by atoms with Gasteiger partial charge >= 0.3 is 0 Å². The number of anilines is 1. The maximum absolute atomic E-state index is 12.6. The number of nitrogens with two attached hydrogens (primary N) is 1. The molecule has 5 heteroatoms. The molecule has 4 nitrogen and oxygen atoms in total. The molecule has 4 N–H and O–H groups in total. The Bertz CT molecular complexity index is 473. The Morgan fingerprint density at radius 1 is 1.27 bits per heavy atom. The van der Waals surface area contributed by atoms with Crippen molar-refractivity contribution in [3.8, 4) is 0 Å². The van der Waals surface area contributed by atoms with E-state index in [2.05, 4.69) is 17.6 Å². The summed E-state index contributed by atoms with van der Waals surface area (Å²) in [6, 6.07) is 7.85. The summed E-state index contributed by atoms with van der Waals surface area (Å²) in [6.45, 7) is 3.51. The quantitative estimate of drug-likeness (QED) is 0.704. The van der Waals surface area contributed by atoms with Crippen LogP contribution in [0.5, 0.6) is 0 Å². The second-order valence-electron chi connectivity index (χ2n) is 6.00. The van der Waals surface area contributed by atoms with Crippen molar-refractivity contribution < 1.29 is 4.79 Å². The maximum Gasteiger partial charge on any atom is 0.240 e. The number of carbonyl (C=O) groups is 1. The van der Waals surface area contributed by atoms with Crippen LogP contribution in [0, 0.1) is 0 Å². The van der Waals surface area contributed by atoms with Crippen molar-refractivity contribution in [3.63, 3.8) is 0 Å². The molecule has 1 aromatic carbocycles. The summed E-state index contributed by atoms with van der Waals surface area (Å²) < 4.78 is 0. The second-order valence-corrected chi connectivity index (χ2v) is 6.00. The van der Waals surface area contributed by atoms with Gasteiger partial charge in [0.2, 0.25) is 5.91 Å². The molecule has 0 unspecified atom stereocenters. The number of hydrogen-bond donors (Lipinski definition) is 3. The van der Waals surface area contributed by atoms with Crippen LogP contribution in [-0.4, -0.2) is 18.0 Å². The third-order valence-electron chi connectivity index (χ3n) is 4.26. The van der Waals surface area contributed by atoms with E-state index in [9.17, 15) is 4.79 Å². The first-order valence-electron chi connectivity index (χ1n) is 8.04. The Balaban J connectivity index is 0.00000242. The summed E-state index contributed by atoms with van der Waals surface area (Å²) in [5.41, 5.74) is 7.31. The van der Waals surface area contributed by atoms with Gasteiger partial charge in [-0.3, -0.25) is 10.1 Å². The van der Waals surface area contributed by atoms with E-state index in [-0.39, 0.29) is 18.3 Å². The summed E-state index contributed by atoms with van der Waals surface area (Å²) in [6.07, 6.45) is 6.27. The minimum atomic E-state index is -0.405. The number of nitrogens with one attached hydrogen (secondary N) is 2. The van der Waals surface area contributed by atoms with Gasteiger partial charge in [0.05, 0.1) is 5.54 Å². The molecule has 0 aliphatic heterocycles. The van der Waals surface area contributed by atoms with Crippen LogP contribution in [0.3, 0.4) is 0 Å². The molecule has 1 aliphatic rings. The minimum Gasteiger partial charge on any atom is -0.399 e. The lowest BCUT2D eigenvalue weighted by atomic mass is 9.80. The summed E-state index contributed by atoms with van der Waals surface area (Å²) in [7, 11) is 0. The zero-order chi connectivity index (χ0) is 15.1. The molecule has 2 rings (SSSR count). The van der Waals surface area contributed by atoms with Gasteiger partial charge in [0.1, 0.15) is 0 Å².